The molecule has 1 saturated heterocycles. The fraction of sp³-hybridized carbons (Fsp3) is 0.632. The lowest BCUT2D eigenvalue weighted by molar-refractivity contribution is -0.137. The molecule has 0 amide bonds. The average molecular weight is 542 g/mol. The van der Waals surface area contributed by atoms with E-state index in [1.807, 2.05) is 0 Å². The number of hydrogen-bond donors (Lipinski definition) is 0. The Balaban J connectivity index is 2.60. The minimum absolute atomic E-state index is 0.0633. The highest BCUT2D eigenvalue weighted by Gasteiger charge is 2.77. The number of hydrogen-bond acceptors (Lipinski definition) is 4. The predicted octanol–water partition coefficient (Wildman–Crippen LogP) is -16.1. The maximum atomic E-state index is 15.8. The van der Waals surface area contributed by atoms with Gasteiger partial charge in [-0.1, -0.05) is 15.7 Å². The molecular weight excluding hydrogens is 496 g/mol. The number of Topliss-reactive ketones (excluding diaryl/α,β-unsaturated/α-hetero) is 1. The van der Waals surface area contributed by atoms with Crippen LogP contribution in [-0.2, 0) is 15.4 Å². The van der Waals surface area contributed by atoms with Crippen LogP contribution in [0, 0.1) is 0 Å². The molecule has 2 aliphatic heterocycles. The van der Waals surface area contributed by atoms with Crippen molar-refractivity contribution in [3.63, 3.8) is 0 Å². The lowest BCUT2D eigenvalue weighted by Crippen LogP contribution is -2.88. The zero-order valence-corrected chi connectivity index (χ0v) is 31.3. The van der Waals surface area contributed by atoms with Gasteiger partial charge in [0.05, 0.1) is 77.0 Å². The van der Waals surface area contributed by atoms with E-state index in [4.69, 9.17) is 9.47 Å². The molecule has 2 atom stereocenters. The Morgan fingerprint density at radius 1 is 0.619 bits per heavy atom. The van der Waals surface area contributed by atoms with Gasteiger partial charge in [0.2, 0.25) is 0 Å². The van der Waals surface area contributed by atoms with Crippen LogP contribution in [-0.4, -0.2) is 185 Å². The van der Waals surface area contributed by atoms with Gasteiger partial charge in [0, 0.05) is 5.44 Å². The highest BCUT2D eigenvalue weighted by molar-refractivity contribution is 6.74. The van der Waals surface area contributed by atoms with Gasteiger partial charge in [-0.15, -0.1) is 10.2 Å². The molecule has 4 nitrogen and oxygen atoms in total. The maximum absolute atomic E-state index is 15.8. The van der Waals surface area contributed by atoms with E-state index in [0.29, 0.717) is 11.5 Å². The number of carbonyl (C=O) groups excluding carboxylic acids is 1. The van der Waals surface area contributed by atoms with Gasteiger partial charge in [0.1, 0.15) is 92.1 Å². The van der Waals surface area contributed by atoms with Gasteiger partial charge in [-0.3, -0.25) is 0 Å². The first kappa shape index (κ1) is 36.2. The van der Waals surface area contributed by atoms with Gasteiger partial charge in [0.25, 0.3) is 0 Å². The molecule has 3 rings (SSSR count). The van der Waals surface area contributed by atoms with Crippen molar-refractivity contribution in [3.8, 4) is 11.5 Å². The normalized spacial score (nSPS) is 28.6. The average Bonchev–Trinajstić information content (AvgIpc) is 2.82. The minimum Gasteiger partial charge on any atom is -0.493 e. The Labute approximate surface area is 274 Å². The standard InChI is InChI=1S/C19H46B19NO3/c1-41-7-3-5-6(4-8(7)42-2)13(25)12(23,24)9(40)10(20,18(35,36)39(13)19(37,38)11(5,21)22)15(27,28)14(26,16(29,30)31)17(32,33)34/h3-4H,20-38H2,1-2H3. The molecule has 0 aromatic heterocycles. The first-order chi connectivity index (χ1) is 18.4. The predicted molar refractivity (Wildman–Crippen MR) is 234 cm³/mol. The molecule has 42 heavy (non-hydrogen) atoms. The Bertz CT molecular complexity index is 1290. The summed E-state index contributed by atoms with van der Waals surface area (Å²) in [5, 5.41) is -3.28. The molecule has 1 aromatic carbocycles. The van der Waals surface area contributed by atoms with Crippen LogP contribution in [0.15, 0.2) is 12.1 Å². The number of nitrogens with zero attached hydrogens (tertiary/aromatic N) is 1. The van der Waals surface area contributed by atoms with Gasteiger partial charge in [-0.2, -0.15) is 0 Å². The molecule has 0 bridgehead atoms. The SMILES string of the molecule is BC(B)(B)C(B)(C(B)(B)B)C(B)(B)C1(B)C(=O)C(B)(B)C2(B)c3cc(OC)c(OC)cc3C(B)(B)C(B)(B)N2C1(B)B. The molecule has 0 N–H and O–H groups in total. The number of ketones is 1. The first-order valence-electron chi connectivity index (χ1n) is 16.0. The summed E-state index contributed by atoms with van der Waals surface area (Å²) < 4.78 is 11.7. The number of methoxy groups -OCH3 is 2. The van der Waals surface area contributed by atoms with Gasteiger partial charge in [-0.05, 0) is 44.5 Å². The summed E-state index contributed by atoms with van der Waals surface area (Å²) in [6, 6.07) is 4.32. The van der Waals surface area contributed by atoms with Crippen molar-refractivity contribution in [1.82, 2.24) is 4.90 Å². The minimum atomic E-state index is -0.729. The number of carbonyl (C=O) groups is 1. The third kappa shape index (κ3) is 3.82. The molecule has 1 aromatic rings. The Morgan fingerprint density at radius 3 is 1.36 bits per heavy atom. The molecule has 2 unspecified atom stereocenters. The summed E-state index contributed by atoms with van der Waals surface area (Å²) in [5.74, 6) is 1.77. The maximum Gasteiger partial charge on any atom is 0.161 e. The van der Waals surface area contributed by atoms with Crippen molar-refractivity contribution >= 4 is 155 Å². The molecule has 0 saturated carbocycles. The van der Waals surface area contributed by atoms with Crippen LogP contribution in [0.1, 0.15) is 11.1 Å². The van der Waals surface area contributed by atoms with Crippen LogP contribution in [0.3, 0.4) is 0 Å². The van der Waals surface area contributed by atoms with Gasteiger partial charge in [-0.25, -0.2) is 0 Å². The number of piperidine rings is 1. The van der Waals surface area contributed by atoms with E-state index in [9.17, 15) is 0 Å². The van der Waals surface area contributed by atoms with Crippen molar-refractivity contribution in [2.45, 2.75) is 52.6 Å². The molecule has 0 spiro atoms. The quantitative estimate of drug-likeness (QED) is 0.336. The topological polar surface area (TPSA) is 38.8 Å². The Morgan fingerprint density at radius 2 is 1.00 bits per heavy atom. The summed E-state index contributed by atoms with van der Waals surface area (Å²) in [6.07, 6.45) is 0. The third-order valence-corrected chi connectivity index (χ3v) is 14.8. The number of ether oxygens (including phenoxy) is 2. The van der Waals surface area contributed by atoms with Gasteiger partial charge < -0.3 is 19.2 Å². The van der Waals surface area contributed by atoms with Crippen LogP contribution < -0.4 is 9.47 Å². The summed E-state index contributed by atoms with van der Waals surface area (Å²) in [4.78, 5) is 18.5. The van der Waals surface area contributed by atoms with Crippen molar-refractivity contribution in [1.29, 1.82) is 0 Å². The fourth-order valence-electron chi connectivity index (χ4n) is 10.9. The van der Waals surface area contributed by atoms with E-state index in [1.165, 1.54) is 5.56 Å². The van der Waals surface area contributed by atoms with Crippen LogP contribution in [0.25, 0.3) is 0 Å². The lowest BCUT2D eigenvalue weighted by Gasteiger charge is -2.82. The van der Waals surface area contributed by atoms with Crippen LogP contribution >= 0.6 is 0 Å². The zero-order chi connectivity index (χ0) is 33.3. The van der Waals surface area contributed by atoms with Crippen LogP contribution in [0.5, 0.6) is 11.5 Å². The van der Waals surface area contributed by atoms with Crippen molar-refractivity contribution < 1.29 is 14.3 Å². The molecule has 0 radical (unpaired) electrons. The fourth-order valence-corrected chi connectivity index (χ4v) is 10.9. The van der Waals surface area contributed by atoms with Crippen molar-refractivity contribution in [2.75, 3.05) is 14.2 Å². The van der Waals surface area contributed by atoms with E-state index < -0.39 is 26.5 Å². The molecule has 23 heteroatoms. The third-order valence-electron chi connectivity index (χ3n) is 14.8. The molecule has 2 aliphatic rings. The van der Waals surface area contributed by atoms with Gasteiger partial charge in [0.15, 0.2) is 11.5 Å². The van der Waals surface area contributed by atoms with E-state index in [0.717, 1.165) is 11.3 Å². The van der Waals surface area contributed by atoms with Gasteiger partial charge >= 0.3 is 0 Å². The zero-order valence-electron chi connectivity index (χ0n) is 31.3. The van der Waals surface area contributed by atoms with Crippen molar-refractivity contribution in [3.05, 3.63) is 23.3 Å². The van der Waals surface area contributed by atoms with E-state index in [2.05, 4.69) is 166 Å². The second kappa shape index (κ2) is 9.60. The summed E-state index contributed by atoms with van der Waals surface area (Å²) in [5.41, 5.74) is 1.76. The highest BCUT2D eigenvalue weighted by atomic mass is 16.5. The number of benzene rings is 1. The summed E-state index contributed by atoms with van der Waals surface area (Å²) in [7, 11) is 48.0. The summed E-state index contributed by atoms with van der Waals surface area (Å²) in [6.45, 7) is 0. The monoisotopic (exact) mass is 546 g/mol. The van der Waals surface area contributed by atoms with Crippen LogP contribution in [0.2, 0.25) is 31.3 Å². The second-order valence-corrected chi connectivity index (χ2v) is 18.7. The molecule has 0 aliphatic carbocycles. The number of fused-ring (bicyclic) bond motifs is 3. The van der Waals surface area contributed by atoms with Crippen molar-refractivity contribution in [2.24, 2.45) is 0 Å². The van der Waals surface area contributed by atoms with E-state index >= 15 is 4.79 Å². The largest absolute Gasteiger partial charge is 0.493 e. The van der Waals surface area contributed by atoms with E-state index in [-0.39, 0.29) is 26.1 Å². The number of rotatable bonds is 6. The first-order valence-corrected chi connectivity index (χ1v) is 16.0. The van der Waals surface area contributed by atoms with E-state index in [1.54, 1.807) is 14.2 Å². The van der Waals surface area contributed by atoms with Crippen LogP contribution in [0.4, 0.5) is 0 Å². The lowest BCUT2D eigenvalue weighted by atomic mass is 9.02. The second-order valence-electron chi connectivity index (χ2n) is 18.7. The summed E-state index contributed by atoms with van der Waals surface area (Å²) >= 11 is 0. The molecular formula is C19H46B19NO3. The Hall–Kier alpha value is -0.316. The molecule has 202 valence electrons. The smallest absolute Gasteiger partial charge is 0.161 e. The highest BCUT2D eigenvalue weighted by Crippen LogP contribution is 2.79. The Kier molecular flexibility index (Phi) is 8.27. The molecule has 1 fully saturated rings. The molecule has 2 heterocycles.